The predicted molar refractivity (Wildman–Crippen MR) is 81.1 cm³/mol. The first-order valence-electron chi connectivity index (χ1n) is 7.43. The van der Waals surface area contributed by atoms with Gasteiger partial charge in [0, 0.05) is 18.6 Å². The van der Waals surface area contributed by atoms with Gasteiger partial charge >= 0.3 is 23.9 Å². The van der Waals surface area contributed by atoms with Crippen molar-refractivity contribution in [2.75, 3.05) is 13.2 Å². The van der Waals surface area contributed by atoms with E-state index in [0.29, 0.717) is 12.8 Å². The number of carbonyl (C=O) groups is 4. The van der Waals surface area contributed by atoms with Gasteiger partial charge in [0.2, 0.25) is 0 Å². The maximum absolute atomic E-state index is 11.5. The van der Waals surface area contributed by atoms with E-state index in [-0.39, 0.29) is 19.6 Å². The van der Waals surface area contributed by atoms with E-state index in [4.69, 9.17) is 4.74 Å². The maximum atomic E-state index is 11.5. The fourth-order valence-electron chi connectivity index (χ4n) is 1.23. The van der Waals surface area contributed by atoms with Gasteiger partial charge in [-0.3, -0.25) is 9.59 Å². The number of hydrogen-bond acceptors (Lipinski definition) is 7. The van der Waals surface area contributed by atoms with Crippen molar-refractivity contribution in [2.24, 2.45) is 5.41 Å². The number of hydrogen-bond donors (Lipinski definition) is 0. The van der Waals surface area contributed by atoms with Gasteiger partial charge in [0.25, 0.3) is 0 Å². The lowest BCUT2D eigenvalue weighted by atomic mass is 9.97. The lowest BCUT2D eigenvalue weighted by Gasteiger charge is -2.15. The molecule has 0 amide bonds. The standard InChI is InChI=1S/C16H24O7/c1-5-21-12(17)9-10-13(18)22-11-7-6-8-14(19)23-15(20)16(2,3)4/h9-10H,5-8,11H2,1-4H3/b10-9-. The van der Waals surface area contributed by atoms with Gasteiger partial charge in [0.15, 0.2) is 0 Å². The minimum absolute atomic E-state index is 0.0675. The molecule has 0 atom stereocenters. The van der Waals surface area contributed by atoms with Gasteiger partial charge in [-0.2, -0.15) is 0 Å². The molecule has 0 spiro atoms. The van der Waals surface area contributed by atoms with Gasteiger partial charge in [-0.05, 0) is 40.5 Å². The Balaban J connectivity index is 3.81. The normalized spacial score (nSPS) is 11.1. The zero-order chi connectivity index (χ0) is 17.9. The zero-order valence-corrected chi connectivity index (χ0v) is 14.0. The highest BCUT2D eigenvalue weighted by Crippen LogP contribution is 2.15. The summed E-state index contributed by atoms with van der Waals surface area (Å²) in [5, 5.41) is 0. The van der Waals surface area contributed by atoms with E-state index in [1.54, 1.807) is 27.7 Å². The molecule has 0 bridgehead atoms. The van der Waals surface area contributed by atoms with E-state index < -0.39 is 29.3 Å². The van der Waals surface area contributed by atoms with Crippen LogP contribution in [0.2, 0.25) is 0 Å². The van der Waals surface area contributed by atoms with E-state index in [2.05, 4.69) is 9.47 Å². The van der Waals surface area contributed by atoms with Gasteiger partial charge in [-0.1, -0.05) is 0 Å². The SMILES string of the molecule is CCOC(=O)/C=C\C(=O)OCCCCC(=O)OC(=O)C(C)(C)C. The van der Waals surface area contributed by atoms with E-state index in [1.807, 2.05) is 0 Å². The quantitative estimate of drug-likeness (QED) is 0.221. The first-order chi connectivity index (χ1) is 10.7. The van der Waals surface area contributed by atoms with Gasteiger partial charge in [-0.15, -0.1) is 0 Å². The van der Waals surface area contributed by atoms with Crippen LogP contribution in [0.15, 0.2) is 12.2 Å². The van der Waals surface area contributed by atoms with Crippen molar-refractivity contribution in [2.45, 2.75) is 47.0 Å². The fourth-order valence-corrected chi connectivity index (χ4v) is 1.23. The molecule has 0 aromatic heterocycles. The van der Waals surface area contributed by atoms with Crippen molar-refractivity contribution in [1.29, 1.82) is 0 Å². The second-order valence-electron chi connectivity index (χ2n) is 5.72. The molecule has 0 N–H and O–H groups in total. The Morgan fingerprint density at radius 1 is 0.913 bits per heavy atom. The van der Waals surface area contributed by atoms with Crippen molar-refractivity contribution < 1.29 is 33.4 Å². The Labute approximate surface area is 136 Å². The first-order valence-corrected chi connectivity index (χ1v) is 7.43. The molecule has 0 saturated carbocycles. The number of carbonyl (C=O) groups excluding carboxylic acids is 4. The molecular formula is C16H24O7. The van der Waals surface area contributed by atoms with Gasteiger partial charge in [0.05, 0.1) is 18.6 Å². The van der Waals surface area contributed by atoms with Crippen molar-refractivity contribution in [3.8, 4) is 0 Å². The molecule has 7 heteroatoms. The average Bonchev–Trinajstić information content (AvgIpc) is 2.44. The minimum Gasteiger partial charge on any atom is -0.463 e. The molecule has 0 aliphatic rings. The van der Waals surface area contributed by atoms with Crippen molar-refractivity contribution in [3.63, 3.8) is 0 Å². The molecule has 0 saturated heterocycles. The summed E-state index contributed by atoms with van der Waals surface area (Å²) in [7, 11) is 0. The van der Waals surface area contributed by atoms with E-state index >= 15 is 0 Å². The molecular weight excluding hydrogens is 304 g/mol. The van der Waals surface area contributed by atoms with Crippen LogP contribution in [0.4, 0.5) is 0 Å². The average molecular weight is 328 g/mol. The summed E-state index contributed by atoms with van der Waals surface area (Å²) < 4.78 is 14.1. The molecule has 0 aromatic carbocycles. The summed E-state index contributed by atoms with van der Waals surface area (Å²) in [5.74, 6) is -2.45. The molecule has 7 nitrogen and oxygen atoms in total. The Morgan fingerprint density at radius 2 is 1.48 bits per heavy atom. The summed E-state index contributed by atoms with van der Waals surface area (Å²) in [6, 6.07) is 0. The molecule has 0 aromatic rings. The van der Waals surface area contributed by atoms with Crippen LogP contribution >= 0.6 is 0 Å². The summed E-state index contributed by atoms with van der Waals surface area (Å²) in [5.41, 5.74) is -0.726. The Morgan fingerprint density at radius 3 is 2.00 bits per heavy atom. The van der Waals surface area contributed by atoms with Gasteiger partial charge in [0.1, 0.15) is 0 Å². The summed E-state index contributed by atoms with van der Waals surface area (Å²) >= 11 is 0. The molecule has 0 rings (SSSR count). The van der Waals surface area contributed by atoms with E-state index in [1.165, 1.54) is 0 Å². The van der Waals surface area contributed by atoms with Crippen molar-refractivity contribution in [1.82, 2.24) is 0 Å². The number of rotatable bonds is 8. The second kappa shape index (κ2) is 10.5. The molecule has 0 aliphatic carbocycles. The number of esters is 4. The van der Waals surface area contributed by atoms with Crippen LogP contribution in [0.5, 0.6) is 0 Å². The van der Waals surface area contributed by atoms with Crippen LogP contribution in [-0.2, 0) is 33.4 Å². The molecule has 23 heavy (non-hydrogen) atoms. The number of unbranched alkanes of at least 4 members (excludes halogenated alkanes) is 1. The van der Waals surface area contributed by atoms with Crippen molar-refractivity contribution >= 4 is 23.9 Å². The van der Waals surface area contributed by atoms with E-state index in [9.17, 15) is 19.2 Å². The third-order valence-electron chi connectivity index (χ3n) is 2.48. The summed E-state index contributed by atoms with van der Waals surface area (Å²) in [6.07, 6.45) is 2.90. The topological polar surface area (TPSA) is 96.0 Å². The Kier molecular flexibility index (Phi) is 9.53. The van der Waals surface area contributed by atoms with Crippen LogP contribution in [-0.4, -0.2) is 37.1 Å². The van der Waals surface area contributed by atoms with Crippen molar-refractivity contribution in [3.05, 3.63) is 12.2 Å². The monoisotopic (exact) mass is 328 g/mol. The predicted octanol–water partition coefficient (Wildman–Crippen LogP) is 1.94. The molecule has 0 radical (unpaired) electrons. The van der Waals surface area contributed by atoms with Crippen LogP contribution in [0.1, 0.15) is 47.0 Å². The fraction of sp³-hybridized carbons (Fsp3) is 0.625. The Bertz CT molecular complexity index is 458. The third kappa shape index (κ3) is 11.1. The minimum atomic E-state index is -0.726. The van der Waals surface area contributed by atoms with Gasteiger partial charge in [-0.25, -0.2) is 9.59 Å². The first kappa shape index (κ1) is 20.8. The lowest BCUT2D eigenvalue weighted by Crippen LogP contribution is -2.25. The van der Waals surface area contributed by atoms with Crippen LogP contribution in [0.25, 0.3) is 0 Å². The smallest absolute Gasteiger partial charge is 0.331 e. The molecule has 0 unspecified atom stereocenters. The van der Waals surface area contributed by atoms with Crippen LogP contribution < -0.4 is 0 Å². The zero-order valence-electron chi connectivity index (χ0n) is 14.0. The third-order valence-corrected chi connectivity index (χ3v) is 2.48. The molecule has 0 fully saturated rings. The largest absolute Gasteiger partial charge is 0.463 e. The summed E-state index contributed by atoms with van der Waals surface area (Å²) in [6.45, 7) is 6.96. The highest BCUT2D eigenvalue weighted by atomic mass is 16.6. The number of ether oxygens (including phenoxy) is 3. The van der Waals surface area contributed by atoms with Crippen LogP contribution in [0, 0.1) is 5.41 Å². The van der Waals surface area contributed by atoms with E-state index in [0.717, 1.165) is 12.2 Å². The lowest BCUT2D eigenvalue weighted by molar-refractivity contribution is -0.165. The summed E-state index contributed by atoms with van der Waals surface area (Å²) in [4.78, 5) is 45.1. The highest BCUT2D eigenvalue weighted by molar-refractivity contribution is 5.91. The van der Waals surface area contributed by atoms with Gasteiger partial charge < -0.3 is 14.2 Å². The van der Waals surface area contributed by atoms with Crippen LogP contribution in [0.3, 0.4) is 0 Å². The molecule has 0 aliphatic heterocycles. The maximum Gasteiger partial charge on any atom is 0.331 e. The second-order valence-corrected chi connectivity index (χ2v) is 5.72. The Hall–Kier alpha value is -2.18. The molecule has 130 valence electrons. The highest BCUT2D eigenvalue weighted by Gasteiger charge is 2.25. The molecule has 0 heterocycles.